The second-order valence-electron chi connectivity index (χ2n) is 5.44. The zero-order valence-corrected chi connectivity index (χ0v) is 13.6. The zero-order valence-electron chi connectivity index (χ0n) is 12.8. The van der Waals surface area contributed by atoms with Gasteiger partial charge in [0.05, 0.1) is 5.25 Å². The van der Waals surface area contributed by atoms with Crippen molar-refractivity contribution in [3.05, 3.63) is 71.3 Å². The molecule has 0 heterocycles. The molecule has 2 aromatic rings. The average molecular weight is 298 g/mol. The van der Waals surface area contributed by atoms with Crippen molar-refractivity contribution in [3.8, 4) is 5.75 Å². The van der Waals surface area contributed by atoms with E-state index in [9.17, 15) is 5.11 Å². The minimum atomic E-state index is 0.158. The van der Waals surface area contributed by atoms with Gasteiger partial charge in [-0.05, 0) is 23.8 Å². The standard InChI is InChI=1S/C19H22OS/c1-14(2)21-19(12-10-16-7-5-4-6-8-16)17-13-15(3)9-11-18(17)20/h4-14,19-20H,1-3H3/b12-10+. The highest BCUT2D eigenvalue weighted by Gasteiger charge is 2.15. The first kappa shape index (κ1) is 15.7. The van der Waals surface area contributed by atoms with Gasteiger partial charge in [-0.25, -0.2) is 0 Å². The van der Waals surface area contributed by atoms with E-state index in [-0.39, 0.29) is 5.25 Å². The fourth-order valence-electron chi connectivity index (χ4n) is 2.18. The van der Waals surface area contributed by atoms with Crippen LogP contribution in [0.5, 0.6) is 5.75 Å². The fourth-order valence-corrected chi connectivity index (χ4v) is 3.27. The van der Waals surface area contributed by atoms with Crippen LogP contribution in [0.1, 0.15) is 35.8 Å². The number of thioether (sulfide) groups is 1. The Balaban J connectivity index is 2.30. The highest BCUT2D eigenvalue weighted by Crippen LogP contribution is 2.38. The summed E-state index contributed by atoms with van der Waals surface area (Å²) in [5.74, 6) is 0.372. The Morgan fingerprint density at radius 1 is 1.05 bits per heavy atom. The van der Waals surface area contributed by atoms with E-state index in [4.69, 9.17) is 0 Å². The molecule has 1 atom stereocenters. The lowest BCUT2D eigenvalue weighted by Crippen LogP contribution is -1.97. The lowest BCUT2D eigenvalue weighted by molar-refractivity contribution is 0.469. The Morgan fingerprint density at radius 3 is 2.43 bits per heavy atom. The molecule has 0 saturated heterocycles. The number of aromatic hydroxyl groups is 1. The summed E-state index contributed by atoms with van der Waals surface area (Å²) in [5, 5.41) is 10.8. The molecule has 1 N–H and O–H groups in total. The van der Waals surface area contributed by atoms with E-state index in [1.165, 1.54) is 11.1 Å². The van der Waals surface area contributed by atoms with Gasteiger partial charge in [0.1, 0.15) is 5.75 Å². The highest BCUT2D eigenvalue weighted by molar-refractivity contribution is 8.00. The number of phenolic OH excluding ortho intramolecular Hbond substituents is 1. The third kappa shape index (κ3) is 4.68. The molecule has 0 aliphatic rings. The summed E-state index contributed by atoms with van der Waals surface area (Å²) in [7, 11) is 0. The Kier molecular flexibility index (Phi) is 5.51. The van der Waals surface area contributed by atoms with Crippen molar-refractivity contribution in [2.45, 2.75) is 31.3 Å². The van der Waals surface area contributed by atoms with Crippen molar-refractivity contribution >= 4 is 17.8 Å². The average Bonchev–Trinajstić information content (AvgIpc) is 2.47. The lowest BCUT2D eigenvalue weighted by atomic mass is 10.1. The summed E-state index contributed by atoms with van der Waals surface area (Å²) >= 11 is 1.85. The van der Waals surface area contributed by atoms with Gasteiger partial charge in [-0.1, -0.05) is 74.0 Å². The summed E-state index contributed by atoms with van der Waals surface area (Å²) in [6.07, 6.45) is 4.30. The van der Waals surface area contributed by atoms with Gasteiger partial charge in [-0.3, -0.25) is 0 Å². The Morgan fingerprint density at radius 2 is 1.76 bits per heavy atom. The largest absolute Gasteiger partial charge is 0.508 e. The zero-order chi connectivity index (χ0) is 15.2. The van der Waals surface area contributed by atoms with Gasteiger partial charge in [0.25, 0.3) is 0 Å². The molecule has 0 amide bonds. The lowest BCUT2D eigenvalue weighted by Gasteiger charge is -2.17. The number of benzene rings is 2. The first-order chi connectivity index (χ1) is 10.1. The molecule has 0 radical (unpaired) electrons. The van der Waals surface area contributed by atoms with Crippen LogP contribution in [-0.2, 0) is 0 Å². The van der Waals surface area contributed by atoms with Crippen LogP contribution in [0, 0.1) is 6.92 Å². The summed E-state index contributed by atoms with van der Waals surface area (Å²) in [6, 6.07) is 16.1. The first-order valence-electron chi connectivity index (χ1n) is 7.24. The molecule has 0 aromatic heterocycles. The molecule has 2 heteroatoms. The number of rotatable bonds is 5. The molecule has 0 spiro atoms. The molecular weight excluding hydrogens is 276 g/mol. The number of aryl methyl sites for hydroxylation is 1. The molecule has 0 saturated carbocycles. The third-order valence-corrected chi connectivity index (χ3v) is 4.42. The molecular formula is C19H22OS. The predicted octanol–water partition coefficient (Wildman–Crippen LogP) is 5.60. The topological polar surface area (TPSA) is 20.2 Å². The van der Waals surface area contributed by atoms with Crippen molar-refractivity contribution in [1.29, 1.82) is 0 Å². The van der Waals surface area contributed by atoms with E-state index in [0.29, 0.717) is 11.0 Å². The summed E-state index contributed by atoms with van der Waals surface area (Å²) < 4.78 is 0. The van der Waals surface area contributed by atoms with E-state index in [2.05, 4.69) is 51.1 Å². The van der Waals surface area contributed by atoms with Crippen LogP contribution in [0.4, 0.5) is 0 Å². The number of phenols is 1. The molecule has 0 bridgehead atoms. The molecule has 1 unspecified atom stereocenters. The smallest absolute Gasteiger partial charge is 0.120 e. The maximum atomic E-state index is 10.2. The number of hydrogen-bond acceptors (Lipinski definition) is 2. The van der Waals surface area contributed by atoms with Crippen LogP contribution in [-0.4, -0.2) is 10.4 Å². The van der Waals surface area contributed by atoms with Gasteiger partial charge in [-0.15, -0.1) is 11.8 Å². The molecule has 2 rings (SSSR count). The Bertz CT molecular complexity index is 602. The Hall–Kier alpha value is -1.67. The van der Waals surface area contributed by atoms with E-state index in [1.807, 2.05) is 36.0 Å². The second kappa shape index (κ2) is 7.37. The van der Waals surface area contributed by atoms with E-state index < -0.39 is 0 Å². The van der Waals surface area contributed by atoms with Crippen LogP contribution >= 0.6 is 11.8 Å². The van der Waals surface area contributed by atoms with Crippen LogP contribution in [0.25, 0.3) is 6.08 Å². The minimum Gasteiger partial charge on any atom is -0.508 e. The monoisotopic (exact) mass is 298 g/mol. The minimum absolute atomic E-state index is 0.158. The summed E-state index contributed by atoms with van der Waals surface area (Å²) in [4.78, 5) is 0. The quantitative estimate of drug-likeness (QED) is 0.775. The van der Waals surface area contributed by atoms with Crippen molar-refractivity contribution in [2.24, 2.45) is 0 Å². The van der Waals surface area contributed by atoms with Gasteiger partial charge in [-0.2, -0.15) is 0 Å². The van der Waals surface area contributed by atoms with Crippen molar-refractivity contribution in [1.82, 2.24) is 0 Å². The van der Waals surface area contributed by atoms with Crippen LogP contribution in [0.3, 0.4) is 0 Å². The molecule has 1 nitrogen and oxygen atoms in total. The fraction of sp³-hybridized carbons (Fsp3) is 0.263. The molecule has 2 aromatic carbocycles. The van der Waals surface area contributed by atoms with Gasteiger partial charge < -0.3 is 5.11 Å². The van der Waals surface area contributed by atoms with Gasteiger partial charge in [0.2, 0.25) is 0 Å². The second-order valence-corrected chi connectivity index (χ2v) is 7.16. The molecule has 21 heavy (non-hydrogen) atoms. The highest BCUT2D eigenvalue weighted by atomic mass is 32.2. The molecule has 110 valence electrons. The Labute approximate surface area is 131 Å². The van der Waals surface area contributed by atoms with Crippen molar-refractivity contribution in [3.63, 3.8) is 0 Å². The van der Waals surface area contributed by atoms with Crippen molar-refractivity contribution < 1.29 is 5.11 Å². The van der Waals surface area contributed by atoms with Crippen LogP contribution in [0.15, 0.2) is 54.6 Å². The van der Waals surface area contributed by atoms with Crippen LogP contribution < -0.4 is 0 Å². The molecule has 0 fully saturated rings. The predicted molar refractivity (Wildman–Crippen MR) is 93.8 cm³/mol. The van der Waals surface area contributed by atoms with Crippen LogP contribution in [0.2, 0.25) is 0 Å². The molecule has 0 aliphatic heterocycles. The van der Waals surface area contributed by atoms with E-state index in [1.54, 1.807) is 6.07 Å². The van der Waals surface area contributed by atoms with Gasteiger partial charge in [0, 0.05) is 5.56 Å². The third-order valence-electron chi connectivity index (χ3n) is 3.17. The maximum absolute atomic E-state index is 10.2. The van der Waals surface area contributed by atoms with Gasteiger partial charge >= 0.3 is 0 Å². The SMILES string of the molecule is Cc1ccc(O)c(C(/C=C/c2ccccc2)SC(C)C)c1. The maximum Gasteiger partial charge on any atom is 0.120 e. The van der Waals surface area contributed by atoms with E-state index >= 15 is 0 Å². The van der Waals surface area contributed by atoms with Gasteiger partial charge in [0.15, 0.2) is 0 Å². The first-order valence-corrected chi connectivity index (χ1v) is 8.19. The molecule has 0 aliphatic carbocycles. The summed E-state index contributed by atoms with van der Waals surface area (Å²) in [5.41, 5.74) is 3.34. The van der Waals surface area contributed by atoms with Crippen molar-refractivity contribution in [2.75, 3.05) is 0 Å². The summed E-state index contributed by atoms with van der Waals surface area (Å²) in [6.45, 7) is 6.42. The normalized spacial score (nSPS) is 13.0. The number of hydrogen-bond donors (Lipinski definition) is 1. The van der Waals surface area contributed by atoms with E-state index in [0.717, 1.165) is 5.56 Å².